The van der Waals surface area contributed by atoms with Gasteiger partial charge in [0.1, 0.15) is 0 Å². The van der Waals surface area contributed by atoms with E-state index in [0.717, 1.165) is 22.5 Å². The number of nitrogens with one attached hydrogen (secondary N) is 1. The number of nitrogens with zero attached hydrogens (tertiary/aromatic N) is 3. The van der Waals surface area contributed by atoms with Crippen LogP contribution in [-0.2, 0) is 52.8 Å². The minimum Gasteiger partial charge on any atom is -0.370 e. The normalized spacial score (nSPS) is 14.1. The molecule has 1 aliphatic rings. The van der Waals surface area contributed by atoms with Gasteiger partial charge in [-0.15, -0.1) is 0 Å². The fourth-order valence-electron chi connectivity index (χ4n) is 4.02. The number of hydrogen-bond donors (Lipinski definition) is 1. The van der Waals surface area contributed by atoms with Crippen molar-refractivity contribution in [3.8, 4) is 0 Å². The lowest BCUT2D eigenvalue weighted by Gasteiger charge is -2.27. The fourth-order valence-corrected chi connectivity index (χ4v) is 5.43. The fraction of sp³-hybridized carbons (Fsp3) is 0.360. The minimum absolute atomic E-state index is 0.118. The van der Waals surface area contributed by atoms with Crippen LogP contribution >= 0.6 is 0 Å². The molecule has 180 valence electrons. The molecule has 4 rings (SSSR count). The Morgan fingerprint density at radius 2 is 1.79 bits per heavy atom. The highest BCUT2D eigenvalue weighted by Crippen LogP contribution is 2.28. The molecule has 0 saturated carbocycles. The molecule has 0 aliphatic carbocycles. The number of sulfonamides is 1. The summed E-state index contributed by atoms with van der Waals surface area (Å²) >= 11 is 0. The lowest BCUT2D eigenvalue weighted by Crippen LogP contribution is -2.36. The predicted molar refractivity (Wildman–Crippen MR) is 130 cm³/mol. The standard InChI is InChI=1S/C25H30N4O4S/c1-4-25(30)26-20-9-11-21(12-10-20)34(31,32)29-14-13-24-22(15-29)23(27-28(24)3)17-33-16-19-7-5-18(2)6-8-19/h5-12H,4,13-17H2,1-3H3,(H,26,30). The van der Waals surface area contributed by atoms with Crippen molar-refractivity contribution in [3.63, 3.8) is 0 Å². The van der Waals surface area contributed by atoms with Gasteiger partial charge >= 0.3 is 0 Å². The van der Waals surface area contributed by atoms with Gasteiger partial charge in [-0.25, -0.2) is 8.42 Å². The molecule has 1 aromatic heterocycles. The largest absolute Gasteiger partial charge is 0.370 e. The lowest BCUT2D eigenvalue weighted by molar-refractivity contribution is -0.115. The Morgan fingerprint density at radius 3 is 2.47 bits per heavy atom. The van der Waals surface area contributed by atoms with Gasteiger partial charge in [0.15, 0.2) is 0 Å². The number of benzene rings is 2. The maximum atomic E-state index is 13.3. The first-order valence-corrected chi connectivity index (χ1v) is 12.8. The summed E-state index contributed by atoms with van der Waals surface area (Å²) in [7, 11) is -1.80. The Balaban J connectivity index is 1.46. The summed E-state index contributed by atoms with van der Waals surface area (Å²) in [6, 6.07) is 14.5. The number of carbonyl (C=O) groups is 1. The minimum atomic E-state index is -3.69. The van der Waals surface area contributed by atoms with Crippen LogP contribution in [0.2, 0.25) is 0 Å². The van der Waals surface area contributed by atoms with Crippen LogP contribution in [0.3, 0.4) is 0 Å². The lowest BCUT2D eigenvalue weighted by atomic mass is 10.1. The molecule has 1 amide bonds. The highest BCUT2D eigenvalue weighted by Gasteiger charge is 2.32. The monoisotopic (exact) mass is 482 g/mol. The molecule has 0 fully saturated rings. The van der Waals surface area contributed by atoms with E-state index in [1.807, 2.05) is 42.9 Å². The molecule has 0 bridgehead atoms. The molecule has 1 N–H and O–H groups in total. The molecular formula is C25H30N4O4S. The topological polar surface area (TPSA) is 93.5 Å². The average molecular weight is 483 g/mol. The van der Waals surface area contributed by atoms with Crippen LogP contribution in [0.1, 0.15) is 41.4 Å². The number of carbonyl (C=O) groups excluding carboxylic acids is 1. The van der Waals surface area contributed by atoms with Crippen molar-refractivity contribution in [2.75, 3.05) is 11.9 Å². The zero-order valence-electron chi connectivity index (χ0n) is 19.7. The number of rotatable bonds is 8. The number of hydrogen-bond acceptors (Lipinski definition) is 5. The predicted octanol–water partition coefficient (Wildman–Crippen LogP) is 3.54. The van der Waals surface area contributed by atoms with Crippen LogP contribution < -0.4 is 5.32 Å². The number of fused-ring (bicyclic) bond motifs is 1. The number of aryl methyl sites for hydroxylation is 2. The van der Waals surface area contributed by atoms with Crippen molar-refractivity contribution >= 4 is 21.6 Å². The highest BCUT2D eigenvalue weighted by molar-refractivity contribution is 7.89. The SMILES string of the molecule is CCC(=O)Nc1ccc(S(=O)(=O)N2CCc3c(c(COCc4ccc(C)cc4)nn3C)C2)cc1. The van der Waals surface area contributed by atoms with Gasteiger partial charge in [0.05, 0.1) is 23.8 Å². The first-order chi connectivity index (χ1) is 16.3. The van der Waals surface area contributed by atoms with E-state index in [2.05, 4.69) is 10.4 Å². The average Bonchev–Trinajstić information content (AvgIpc) is 3.15. The first kappa shape index (κ1) is 24.1. The van der Waals surface area contributed by atoms with Gasteiger partial charge in [0, 0.05) is 49.9 Å². The summed E-state index contributed by atoms with van der Waals surface area (Å²) in [6.07, 6.45) is 0.943. The maximum Gasteiger partial charge on any atom is 0.243 e. The molecule has 2 aromatic carbocycles. The van der Waals surface area contributed by atoms with Crippen LogP contribution in [0.4, 0.5) is 5.69 Å². The first-order valence-electron chi connectivity index (χ1n) is 11.3. The second-order valence-corrected chi connectivity index (χ2v) is 10.4. The zero-order valence-corrected chi connectivity index (χ0v) is 20.6. The molecule has 34 heavy (non-hydrogen) atoms. The van der Waals surface area contributed by atoms with Crippen molar-refractivity contribution in [2.24, 2.45) is 7.05 Å². The Bertz CT molecular complexity index is 1270. The summed E-state index contributed by atoms with van der Waals surface area (Å²) < 4.78 is 35.8. The molecular weight excluding hydrogens is 452 g/mol. The summed E-state index contributed by atoms with van der Waals surface area (Å²) in [5.41, 5.74) is 5.57. The molecule has 0 unspecified atom stereocenters. The van der Waals surface area contributed by atoms with Gasteiger partial charge < -0.3 is 10.1 Å². The molecule has 1 aliphatic heterocycles. The van der Waals surface area contributed by atoms with E-state index < -0.39 is 10.0 Å². The summed E-state index contributed by atoms with van der Waals surface area (Å²) in [6.45, 7) is 5.23. The molecule has 0 radical (unpaired) electrons. The van der Waals surface area contributed by atoms with Gasteiger partial charge in [-0.1, -0.05) is 36.8 Å². The van der Waals surface area contributed by atoms with Crippen LogP contribution in [0.5, 0.6) is 0 Å². The van der Waals surface area contributed by atoms with Crippen molar-refractivity contribution in [3.05, 3.63) is 76.6 Å². The van der Waals surface area contributed by atoms with Crippen molar-refractivity contribution < 1.29 is 17.9 Å². The quantitative estimate of drug-likeness (QED) is 0.530. The van der Waals surface area contributed by atoms with Gasteiger partial charge in [0.2, 0.25) is 15.9 Å². The van der Waals surface area contributed by atoms with Gasteiger partial charge in [-0.05, 0) is 36.8 Å². The maximum absolute atomic E-state index is 13.3. The second kappa shape index (κ2) is 10.1. The molecule has 9 heteroatoms. The van der Waals surface area contributed by atoms with Crippen LogP contribution in [0, 0.1) is 6.92 Å². The van der Waals surface area contributed by atoms with E-state index in [0.29, 0.717) is 38.3 Å². The van der Waals surface area contributed by atoms with E-state index in [1.54, 1.807) is 19.1 Å². The van der Waals surface area contributed by atoms with E-state index in [9.17, 15) is 13.2 Å². The van der Waals surface area contributed by atoms with Gasteiger partial charge in [0.25, 0.3) is 0 Å². The highest BCUT2D eigenvalue weighted by atomic mass is 32.2. The van der Waals surface area contributed by atoms with Crippen LogP contribution in [0.25, 0.3) is 0 Å². The van der Waals surface area contributed by atoms with E-state index in [1.165, 1.54) is 22.0 Å². The Labute approximate surface area is 200 Å². The Kier molecular flexibility index (Phi) is 7.16. The van der Waals surface area contributed by atoms with Crippen LogP contribution in [0.15, 0.2) is 53.4 Å². The van der Waals surface area contributed by atoms with Crippen molar-refractivity contribution in [1.82, 2.24) is 14.1 Å². The third-order valence-corrected chi connectivity index (χ3v) is 7.87. The molecule has 0 spiro atoms. The van der Waals surface area contributed by atoms with Crippen LogP contribution in [-0.4, -0.2) is 35.0 Å². The van der Waals surface area contributed by atoms with E-state index in [4.69, 9.17) is 4.74 Å². The Hall–Kier alpha value is -3.01. The molecule has 0 atom stereocenters. The number of ether oxygens (including phenoxy) is 1. The smallest absolute Gasteiger partial charge is 0.243 e. The summed E-state index contributed by atoms with van der Waals surface area (Å²) in [4.78, 5) is 11.8. The van der Waals surface area contributed by atoms with E-state index >= 15 is 0 Å². The molecule has 0 saturated heterocycles. The van der Waals surface area contributed by atoms with E-state index in [-0.39, 0.29) is 17.3 Å². The summed E-state index contributed by atoms with van der Waals surface area (Å²) in [5.74, 6) is -0.118. The Morgan fingerprint density at radius 1 is 1.09 bits per heavy atom. The third kappa shape index (κ3) is 5.22. The zero-order chi connectivity index (χ0) is 24.3. The number of amides is 1. The second-order valence-electron chi connectivity index (χ2n) is 8.49. The van der Waals surface area contributed by atoms with Gasteiger partial charge in [-0.2, -0.15) is 9.40 Å². The third-order valence-electron chi connectivity index (χ3n) is 6.02. The molecule has 8 nitrogen and oxygen atoms in total. The van der Waals surface area contributed by atoms with Gasteiger partial charge in [-0.3, -0.25) is 9.48 Å². The number of anilines is 1. The molecule has 2 heterocycles. The number of aromatic nitrogens is 2. The van der Waals surface area contributed by atoms with Crippen molar-refractivity contribution in [2.45, 2.75) is 51.3 Å². The molecule has 3 aromatic rings. The van der Waals surface area contributed by atoms with Crippen molar-refractivity contribution in [1.29, 1.82) is 0 Å². The summed E-state index contributed by atoms with van der Waals surface area (Å²) in [5, 5.41) is 7.34.